The number of carbonyl (C=O) groups is 1. The highest BCUT2D eigenvalue weighted by Crippen LogP contribution is 2.16. The van der Waals surface area contributed by atoms with E-state index in [0.29, 0.717) is 12.8 Å². The SMILES string of the molecule is N[C@H]1CC[C@@H](CC(=O)O)OB1O. The predicted octanol–water partition coefficient (Wildman–Crippen LogP) is -1.01. The van der Waals surface area contributed by atoms with Gasteiger partial charge in [0.15, 0.2) is 0 Å². The van der Waals surface area contributed by atoms with E-state index in [1.807, 2.05) is 0 Å². The molecule has 4 N–H and O–H groups in total. The summed E-state index contributed by atoms with van der Waals surface area (Å²) in [6, 6.07) is 0. The van der Waals surface area contributed by atoms with Gasteiger partial charge in [0.05, 0.1) is 12.5 Å². The molecule has 1 saturated heterocycles. The van der Waals surface area contributed by atoms with Gasteiger partial charge in [-0.2, -0.15) is 0 Å². The van der Waals surface area contributed by atoms with E-state index in [0.717, 1.165) is 0 Å². The van der Waals surface area contributed by atoms with E-state index in [1.54, 1.807) is 0 Å². The Morgan fingerprint density at radius 2 is 2.33 bits per heavy atom. The lowest BCUT2D eigenvalue weighted by Gasteiger charge is -2.27. The maximum atomic E-state index is 10.3. The van der Waals surface area contributed by atoms with Crippen molar-refractivity contribution < 1.29 is 19.6 Å². The number of nitrogens with two attached hydrogens (primary N) is 1. The Kier molecular flexibility index (Phi) is 3.08. The van der Waals surface area contributed by atoms with Crippen molar-refractivity contribution in [3.8, 4) is 0 Å². The van der Waals surface area contributed by atoms with Crippen LogP contribution in [0.1, 0.15) is 19.3 Å². The number of carboxylic acid groups (broad SMARTS) is 1. The van der Waals surface area contributed by atoms with Gasteiger partial charge >= 0.3 is 13.1 Å². The van der Waals surface area contributed by atoms with E-state index in [1.165, 1.54) is 0 Å². The van der Waals surface area contributed by atoms with Crippen molar-refractivity contribution in [2.24, 2.45) is 5.73 Å². The predicted molar refractivity (Wildman–Crippen MR) is 42.3 cm³/mol. The normalized spacial score (nSPS) is 30.3. The van der Waals surface area contributed by atoms with Crippen molar-refractivity contribution >= 4 is 13.1 Å². The zero-order valence-electron chi connectivity index (χ0n) is 6.64. The number of rotatable bonds is 2. The number of hydrogen-bond donors (Lipinski definition) is 3. The molecule has 68 valence electrons. The van der Waals surface area contributed by atoms with Crippen LogP contribution in [0.2, 0.25) is 0 Å². The second kappa shape index (κ2) is 3.89. The molecule has 0 aromatic carbocycles. The minimum Gasteiger partial charge on any atom is -0.481 e. The molecule has 0 spiro atoms. The summed E-state index contributed by atoms with van der Waals surface area (Å²) < 4.78 is 4.96. The van der Waals surface area contributed by atoms with Gasteiger partial charge in [-0.1, -0.05) is 0 Å². The molecule has 2 atom stereocenters. The molecule has 5 nitrogen and oxygen atoms in total. The number of carboxylic acids is 1. The van der Waals surface area contributed by atoms with Crippen LogP contribution in [0.25, 0.3) is 0 Å². The molecule has 1 aliphatic heterocycles. The van der Waals surface area contributed by atoms with Gasteiger partial charge in [-0.05, 0) is 12.8 Å². The lowest BCUT2D eigenvalue weighted by Crippen LogP contribution is -2.48. The van der Waals surface area contributed by atoms with Crippen molar-refractivity contribution in [2.45, 2.75) is 31.3 Å². The molecule has 1 heterocycles. The van der Waals surface area contributed by atoms with E-state index in [-0.39, 0.29) is 12.4 Å². The maximum Gasteiger partial charge on any atom is 0.472 e. The third kappa shape index (κ3) is 2.47. The van der Waals surface area contributed by atoms with Crippen LogP contribution >= 0.6 is 0 Å². The standard InChI is InChI=1S/C6H12BNO4/c8-5-2-1-4(3-6(9)10)12-7(5)11/h4-5,11H,1-3,8H2,(H,9,10)/t4-,5-/m0/s1. The maximum absolute atomic E-state index is 10.3. The van der Waals surface area contributed by atoms with Crippen molar-refractivity contribution in [1.82, 2.24) is 0 Å². The minimum atomic E-state index is -1.01. The molecule has 0 aromatic rings. The molecule has 1 rings (SSSR count). The van der Waals surface area contributed by atoms with Crippen LogP contribution in [-0.4, -0.2) is 35.3 Å². The number of aliphatic carboxylic acids is 1. The van der Waals surface area contributed by atoms with Gasteiger partial charge in [0.2, 0.25) is 0 Å². The molecular weight excluding hydrogens is 161 g/mol. The molecule has 0 aromatic heterocycles. The second-order valence-corrected chi connectivity index (χ2v) is 2.99. The zero-order valence-corrected chi connectivity index (χ0v) is 6.64. The average Bonchev–Trinajstić information content (AvgIpc) is 1.96. The Labute approximate surface area is 70.7 Å². The molecule has 0 bridgehead atoms. The molecule has 0 amide bonds. The first kappa shape index (κ1) is 9.50. The Morgan fingerprint density at radius 1 is 1.67 bits per heavy atom. The van der Waals surface area contributed by atoms with Gasteiger partial charge in [0.1, 0.15) is 0 Å². The molecule has 6 heteroatoms. The summed E-state index contributed by atoms with van der Waals surface area (Å²) >= 11 is 0. The molecule has 0 unspecified atom stereocenters. The summed E-state index contributed by atoms with van der Waals surface area (Å²) in [5.41, 5.74) is 5.45. The minimum absolute atomic E-state index is 0.0657. The Balaban J connectivity index is 2.35. The van der Waals surface area contributed by atoms with Crippen LogP contribution in [0.5, 0.6) is 0 Å². The van der Waals surface area contributed by atoms with Crippen molar-refractivity contribution in [1.29, 1.82) is 0 Å². The molecule has 0 saturated carbocycles. The summed E-state index contributed by atoms with van der Waals surface area (Å²) in [7, 11) is -1.01. The average molecular weight is 173 g/mol. The van der Waals surface area contributed by atoms with E-state index in [9.17, 15) is 4.79 Å². The highest BCUT2D eigenvalue weighted by atomic mass is 16.5. The van der Waals surface area contributed by atoms with E-state index >= 15 is 0 Å². The van der Waals surface area contributed by atoms with Crippen LogP contribution in [-0.2, 0) is 9.45 Å². The van der Waals surface area contributed by atoms with Crippen molar-refractivity contribution in [2.75, 3.05) is 0 Å². The van der Waals surface area contributed by atoms with E-state index in [4.69, 9.17) is 20.5 Å². The molecule has 1 fully saturated rings. The van der Waals surface area contributed by atoms with E-state index in [2.05, 4.69) is 0 Å². The van der Waals surface area contributed by atoms with Crippen molar-refractivity contribution in [3.05, 3.63) is 0 Å². The molecule has 12 heavy (non-hydrogen) atoms. The fraction of sp³-hybridized carbons (Fsp3) is 0.833. The van der Waals surface area contributed by atoms with Gasteiger partial charge < -0.3 is 20.5 Å². The topological polar surface area (TPSA) is 92.8 Å². The van der Waals surface area contributed by atoms with Crippen LogP contribution in [0, 0.1) is 0 Å². The Hall–Kier alpha value is -0.585. The van der Waals surface area contributed by atoms with Gasteiger partial charge in [-0.3, -0.25) is 4.79 Å². The van der Waals surface area contributed by atoms with E-state index < -0.39 is 19.2 Å². The van der Waals surface area contributed by atoms with Crippen LogP contribution < -0.4 is 5.73 Å². The molecule has 1 aliphatic rings. The fourth-order valence-electron chi connectivity index (χ4n) is 1.23. The van der Waals surface area contributed by atoms with Gasteiger partial charge in [0.25, 0.3) is 0 Å². The Bertz CT molecular complexity index is 177. The first-order valence-corrected chi connectivity index (χ1v) is 3.90. The summed E-state index contributed by atoms with van der Waals surface area (Å²) in [5.74, 6) is -1.29. The highest BCUT2D eigenvalue weighted by molar-refractivity contribution is 6.45. The monoisotopic (exact) mass is 173 g/mol. The lowest BCUT2D eigenvalue weighted by molar-refractivity contribution is -0.139. The number of hydrogen-bond acceptors (Lipinski definition) is 4. The van der Waals surface area contributed by atoms with Gasteiger partial charge in [-0.15, -0.1) is 0 Å². The fourth-order valence-corrected chi connectivity index (χ4v) is 1.23. The van der Waals surface area contributed by atoms with Gasteiger partial charge in [-0.25, -0.2) is 0 Å². The second-order valence-electron chi connectivity index (χ2n) is 2.99. The smallest absolute Gasteiger partial charge is 0.472 e. The lowest BCUT2D eigenvalue weighted by atomic mass is 9.73. The van der Waals surface area contributed by atoms with Crippen LogP contribution in [0.15, 0.2) is 0 Å². The molecule has 0 radical (unpaired) electrons. The van der Waals surface area contributed by atoms with Crippen molar-refractivity contribution in [3.63, 3.8) is 0 Å². The van der Waals surface area contributed by atoms with Crippen LogP contribution in [0.3, 0.4) is 0 Å². The first-order valence-electron chi connectivity index (χ1n) is 3.90. The van der Waals surface area contributed by atoms with Crippen LogP contribution in [0.4, 0.5) is 0 Å². The zero-order chi connectivity index (χ0) is 9.14. The van der Waals surface area contributed by atoms with Gasteiger partial charge in [0, 0.05) is 5.94 Å². The highest BCUT2D eigenvalue weighted by Gasteiger charge is 2.33. The largest absolute Gasteiger partial charge is 0.481 e. The first-order chi connectivity index (χ1) is 5.59. The summed E-state index contributed by atoms with van der Waals surface area (Å²) in [4.78, 5) is 10.3. The molecular formula is C6H12BNO4. The summed E-state index contributed by atoms with van der Waals surface area (Å²) in [6.45, 7) is 0. The summed E-state index contributed by atoms with van der Waals surface area (Å²) in [6.07, 6.45) is 0.755. The Morgan fingerprint density at radius 3 is 2.83 bits per heavy atom. The third-order valence-electron chi connectivity index (χ3n) is 1.92. The quantitative estimate of drug-likeness (QED) is 0.465. The summed E-state index contributed by atoms with van der Waals surface area (Å²) in [5, 5.41) is 17.5. The molecule has 0 aliphatic carbocycles. The third-order valence-corrected chi connectivity index (χ3v) is 1.92.